The average Bonchev–Trinajstić information content (AvgIpc) is 2.27. The molecule has 1 aromatic rings. The van der Waals surface area contributed by atoms with Gasteiger partial charge in [0.2, 0.25) is 0 Å². The lowest BCUT2D eigenvalue weighted by molar-refractivity contribution is 0.162. The Kier molecular flexibility index (Phi) is 4.06. The first-order valence-electron chi connectivity index (χ1n) is 5.17. The second kappa shape index (κ2) is 4.84. The van der Waals surface area contributed by atoms with Gasteiger partial charge in [0, 0.05) is 11.4 Å². The average molecular weight is 278 g/mol. The van der Waals surface area contributed by atoms with Crippen LogP contribution in [0.1, 0.15) is 25.5 Å². The molecule has 6 heteroatoms. The predicted octanol–water partition coefficient (Wildman–Crippen LogP) is 1.69. The van der Waals surface area contributed by atoms with E-state index in [9.17, 15) is 13.5 Å². The van der Waals surface area contributed by atoms with Crippen LogP contribution in [0.3, 0.4) is 0 Å². The summed E-state index contributed by atoms with van der Waals surface area (Å²) >= 11 is 5.99. The van der Waals surface area contributed by atoms with Gasteiger partial charge in [-0.05, 0) is 24.6 Å². The van der Waals surface area contributed by atoms with Crippen molar-refractivity contribution in [3.63, 3.8) is 0 Å². The number of benzene rings is 1. The zero-order valence-corrected chi connectivity index (χ0v) is 11.3. The van der Waals surface area contributed by atoms with Gasteiger partial charge >= 0.3 is 0 Å². The number of aliphatic hydroxyl groups excluding tert-OH is 1. The Balaban J connectivity index is 3.17. The molecule has 3 N–H and O–H groups in total. The van der Waals surface area contributed by atoms with Crippen molar-refractivity contribution in [3.8, 4) is 0 Å². The summed E-state index contributed by atoms with van der Waals surface area (Å²) in [7, 11) is -3.58. The molecule has 1 rings (SSSR count). The van der Waals surface area contributed by atoms with Crippen LogP contribution in [-0.4, -0.2) is 23.5 Å². The minimum Gasteiger partial charge on any atom is -0.399 e. The first-order valence-corrected chi connectivity index (χ1v) is 7.20. The fourth-order valence-corrected chi connectivity index (χ4v) is 2.97. The molecule has 0 saturated heterocycles. The van der Waals surface area contributed by atoms with E-state index in [1.54, 1.807) is 18.2 Å². The van der Waals surface area contributed by atoms with Gasteiger partial charge in [-0.2, -0.15) is 0 Å². The van der Waals surface area contributed by atoms with Crippen molar-refractivity contribution < 1.29 is 13.5 Å². The number of nitrogen functional groups attached to an aromatic ring is 1. The maximum atomic E-state index is 11.8. The Bertz CT molecular complexity index is 499. The molecular formula is C11H16ClNO3S. The number of alkyl halides is 1. The summed E-state index contributed by atoms with van der Waals surface area (Å²) in [5.41, 5.74) is 6.41. The Hall–Kier alpha value is -0.780. The van der Waals surface area contributed by atoms with Crippen molar-refractivity contribution >= 4 is 27.1 Å². The molecule has 0 aliphatic carbocycles. The van der Waals surface area contributed by atoms with Gasteiger partial charge in [-0.15, -0.1) is 0 Å². The molecule has 0 bridgehead atoms. The third kappa shape index (κ3) is 2.73. The predicted molar refractivity (Wildman–Crippen MR) is 69.5 cm³/mol. The van der Waals surface area contributed by atoms with Crippen molar-refractivity contribution in [2.75, 3.05) is 11.5 Å². The minimum atomic E-state index is -3.58. The van der Waals surface area contributed by atoms with Crippen LogP contribution in [0.15, 0.2) is 24.3 Å². The van der Waals surface area contributed by atoms with Gasteiger partial charge in [-0.25, -0.2) is 8.42 Å². The first-order chi connectivity index (χ1) is 7.72. The van der Waals surface area contributed by atoms with Crippen molar-refractivity contribution in [2.45, 2.75) is 24.2 Å². The topological polar surface area (TPSA) is 80.4 Å². The van der Waals surface area contributed by atoms with Crippen LogP contribution in [0.4, 0.5) is 5.69 Å². The summed E-state index contributed by atoms with van der Waals surface area (Å²) < 4.78 is 21.8. The number of rotatable bonds is 4. The van der Waals surface area contributed by atoms with Crippen molar-refractivity contribution in [3.05, 3.63) is 29.8 Å². The van der Waals surface area contributed by atoms with E-state index in [2.05, 4.69) is 0 Å². The van der Waals surface area contributed by atoms with Crippen LogP contribution >= 0.6 is 11.6 Å². The number of sulfone groups is 1. The lowest BCUT2D eigenvalue weighted by Crippen LogP contribution is -2.37. The SMILES string of the molecule is CCS(=O)(=O)[C@](C)(Cl)[C@H](O)c1cccc(N)c1. The van der Waals surface area contributed by atoms with E-state index in [0.29, 0.717) is 11.3 Å². The molecule has 0 aliphatic rings. The van der Waals surface area contributed by atoms with E-state index in [1.807, 2.05) is 0 Å². The zero-order chi connectivity index (χ0) is 13.3. The third-order valence-corrected chi connectivity index (χ3v) is 5.81. The minimum absolute atomic E-state index is 0.133. The lowest BCUT2D eigenvalue weighted by Gasteiger charge is -2.27. The van der Waals surface area contributed by atoms with E-state index in [1.165, 1.54) is 19.9 Å². The third-order valence-electron chi connectivity index (χ3n) is 2.70. The highest BCUT2D eigenvalue weighted by Gasteiger charge is 2.43. The highest BCUT2D eigenvalue weighted by atomic mass is 35.5. The molecule has 1 aromatic carbocycles. The van der Waals surface area contributed by atoms with Gasteiger partial charge in [-0.1, -0.05) is 30.7 Å². The summed E-state index contributed by atoms with van der Waals surface area (Å²) in [4.78, 5) is 0. The maximum absolute atomic E-state index is 11.8. The van der Waals surface area contributed by atoms with Crippen LogP contribution < -0.4 is 5.73 Å². The number of nitrogens with two attached hydrogens (primary N) is 1. The van der Waals surface area contributed by atoms with Crippen LogP contribution in [-0.2, 0) is 9.84 Å². The molecule has 96 valence electrons. The summed E-state index contributed by atoms with van der Waals surface area (Å²) in [6, 6.07) is 6.39. The van der Waals surface area contributed by atoms with E-state index in [-0.39, 0.29) is 5.75 Å². The quantitative estimate of drug-likeness (QED) is 0.648. The zero-order valence-electron chi connectivity index (χ0n) is 9.72. The molecule has 0 spiro atoms. The van der Waals surface area contributed by atoms with Crippen molar-refractivity contribution in [1.29, 1.82) is 0 Å². The Morgan fingerprint density at radius 1 is 1.53 bits per heavy atom. The smallest absolute Gasteiger partial charge is 0.172 e. The number of halogens is 1. The van der Waals surface area contributed by atoms with Gasteiger partial charge in [0.1, 0.15) is 6.10 Å². The molecule has 4 nitrogen and oxygen atoms in total. The fraction of sp³-hybridized carbons (Fsp3) is 0.455. The molecule has 0 aromatic heterocycles. The Morgan fingerprint density at radius 3 is 2.59 bits per heavy atom. The molecule has 0 fully saturated rings. The molecule has 0 radical (unpaired) electrons. The maximum Gasteiger partial charge on any atom is 0.172 e. The Morgan fingerprint density at radius 2 is 2.12 bits per heavy atom. The van der Waals surface area contributed by atoms with Crippen molar-refractivity contribution in [1.82, 2.24) is 0 Å². The van der Waals surface area contributed by atoms with Gasteiger partial charge < -0.3 is 10.8 Å². The molecule has 0 aliphatic heterocycles. The molecule has 2 atom stereocenters. The lowest BCUT2D eigenvalue weighted by atomic mass is 10.1. The number of aliphatic hydroxyl groups is 1. The van der Waals surface area contributed by atoms with E-state index >= 15 is 0 Å². The largest absolute Gasteiger partial charge is 0.399 e. The van der Waals surface area contributed by atoms with Crippen LogP contribution in [0, 0.1) is 0 Å². The summed E-state index contributed by atoms with van der Waals surface area (Å²) in [5, 5.41) is 10.1. The van der Waals surface area contributed by atoms with Crippen LogP contribution in [0.25, 0.3) is 0 Å². The number of hydrogen-bond donors (Lipinski definition) is 2. The van der Waals surface area contributed by atoms with Crippen LogP contribution in [0.5, 0.6) is 0 Å². The second-order valence-corrected chi connectivity index (χ2v) is 7.63. The van der Waals surface area contributed by atoms with Gasteiger partial charge in [0.25, 0.3) is 0 Å². The Labute approximate surface area is 106 Å². The highest BCUT2D eigenvalue weighted by molar-refractivity contribution is 7.94. The monoisotopic (exact) mass is 277 g/mol. The molecule has 0 heterocycles. The van der Waals surface area contributed by atoms with E-state index in [0.717, 1.165) is 0 Å². The highest BCUT2D eigenvalue weighted by Crippen LogP contribution is 2.37. The summed E-state index contributed by atoms with van der Waals surface area (Å²) in [6.45, 7) is 2.78. The van der Waals surface area contributed by atoms with Crippen molar-refractivity contribution in [2.24, 2.45) is 0 Å². The summed E-state index contributed by atoms with van der Waals surface area (Å²) in [5.74, 6) is -0.133. The molecular weight excluding hydrogens is 262 g/mol. The normalized spacial score (nSPS) is 17.4. The standard InChI is InChI=1S/C11H16ClNO3S/c1-3-17(15,16)11(2,12)10(14)8-5-4-6-9(13)7-8/h4-7,10,14H,3,13H2,1-2H3/t10-,11+/m1/s1. The van der Waals surface area contributed by atoms with E-state index in [4.69, 9.17) is 17.3 Å². The molecule has 17 heavy (non-hydrogen) atoms. The van der Waals surface area contributed by atoms with Gasteiger partial charge in [-0.3, -0.25) is 0 Å². The van der Waals surface area contributed by atoms with Gasteiger partial charge in [0.15, 0.2) is 14.0 Å². The van der Waals surface area contributed by atoms with Crippen LogP contribution in [0.2, 0.25) is 0 Å². The van der Waals surface area contributed by atoms with E-state index < -0.39 is 20.1 Å². The molecule has 0 unspecified atom stereocenters. The molecule has 0 saturated carbocycles. The first kappa shape index (κ1) is 14.3. The summed E-state index contributed by atoms with van der Waals surface area (Å²) in [6.07, 6.45) is -1.32. The fourth-order valence-electron chi connectivity index (χ4n) is 1.48. The number of hydrogen-bond acceptors (Lipinski definition) is 4. The molecule has 0 amide bonds. The van der Waals surface area contributed by atoms with Gasteiger partial charge in [0.05, 0.1) is 0 Å². The second-order valence-electron chi connectivity index (χ2n) is 3.96. The number of anilines is 1.